The van der Waals surface area contributed by atoms with Gasteiger partial charge in [-0.05, 0) is 56.9 Å². The van der Waals surface area contributed by atoms with Crippen LogP contribution in [0.4, 0.5) is 5.69 Å². The van der Waals surface area contributed by atoms with Crippen molar-refractivity contribution in [2.45, 2.75) is 13.5 Å². The molecule has 0 unspecified atom stereocenters. The van der Waals surface area contributed by atoms with E-state index in [-0.39, 0.29) is 5.91 Å². The maximum absolute atomic E-state index is 12.4. The quantitative estimate of drug-likeness (QED) is 0.784. The van der Waals surface area contributed by atoms with E-state index >= 15 is 0 Å². The summed E-state index contributed by atoms with van der Waals surface area (Å²) in [5.74, 6) is -0.148. The highest BCUT2D eigenvalue weighted by atomic mass is 16.1. The second kappa shape index (κ2) is 6.80. The zero-order chi connectivity index (χ0) is 17.1. The molecular formula is C18H21N5O. The number of hydrogen-bond donors (Lipinski definition) is 1. The molecule has 0 aliphatic carbocycles. The van der Waals surface area contributed by atoms with Gasteiger partial charge in [0.2, 0.25) is 0 Å². The summed E-state index contributed by atoms with van der Waals surface area (Å²) >= 11 is 0. The summed E-state index contributed by atoms with van der Waals surface area (Å²) in [5, 5.41) is 11.3. The molecule has 1 amide bonds. The lowest BCUT2D eigenvalue weighted by Crippen LogP contribution is -2.19. The summed E-state index contributed by atoms with van der Waals surface area (Å²) < 4.78 is 1.86. The molecule has 0 saturated heterocycles. The van der Waals surface area contributed by atoms with Crippen molar-refractivity contribution in [2.24, 2.45) is 0 Å². The summed E-state index contributed by atoms with van der Waals surface area (Å²) in [4.78, 5) is 14.5. The number of aromatic nitrogens is 3. The molecule has 6 nitrogen and oxygen atoms in total. The van der Waals surface area contributed by atoms with E-state index in [0.717, 1.165) is 35.4 Å². The molecule has 0 bridgehead atoms. The van der Waals surface area contributed by atoms with Crippen molar-refractivity contribution in [2.75, 3.05) is 26.0 Å². The third-order valence-corrected chi connectivity index (χ3v) is 3.81. The van der Waals surface area contributed by atoms with Crippen LogP contribution < -0.4 is 5.32 Å². The number of hydrogen-bond acceptors (Lipinski definition) is 4. The maximum Gasteiger partial charge on any atom is 0.255 e. The van der Waals surface area contributed by atoms with Crippen LogP contribution in [-0.4, -0.2) is 46.4 Å². The van der Waals surface area contributed by atoms with Gasteiger partial charge in [-0.15, -0.1) is 5.10 Å². The fourth-order valence-corrected chi connectivity index (χ4v) is 2.50. The lowest BCUT2D eigenvalue weighted by molar-refractivity contribution is 0.102. The van der Waals surface area contributed by atoms with Gasteiger partial charge in [-0.1, -0.05) is 17.3 Å². The summed E-state index contributed by atoms with van der Waals surface area (Å²) in [7, 11) is 4.04. The highest BCUT2D eigenvalue weighted by molar-refractivity contribution is 6.05. The number of likely N-dealkylation sites (N-methyl/N-ethyl adjacent to an activating group) is 1. The van der Waals surface area contributed by atoms with Crippen molar-refractivity contribution >= 4 is 22.6 Å². The minimum absolute atomic E-state index is 0.148. The Labute approximate surface area is 141 Å². The minimum atomic E-state index is -0.148. The minimum Gasteiger partial charge on any atom is -0.322 e. The molecule has 0 spiro atoms. The van der Waals surface area contributed by atoms with E-state index < -0.39 is 0 Å². The number of rotatable bonds is 5. The Morgan fingerprint density at radius 2 is 2.04 bits per heavy atom. The number of amides is 1. The molecule has 6 heteroatoms. The Hall–Kier alpha value is -2.73. The van der Waals surface area contributed by atoms with Crippen molar-refractivity contribution in [3.63, 3.8) is 0 Å². The number of benzene rings is 2. The molecule has 0 aliphatic heterocycles. The van der Waals surface area contributed by atoms with Gasteiger partial charge in [0.15, 0.2) is 0 Å². The van der Waals surface area contributed by atoms with Crippen LogP contribution in [0.5, 0.6) is 0 Å². The van der Waals surface area contributed by atoms with Crippen molar-refractivity contribution in [1.29, 1.82) is 0 Å². The molecule has 0 atom stereocenters. The second-order valence-electron chi connectivity index (χ2n) is 6.14. The molecular weight excluding hydrogens is 302 g/mol. The van der Waals surface area contributed by atoms with Crippen LogP contribution in [0.2, 0.25) is 0 Å². The van der Waals surface area contributed by atoms with Crippen molar-refractivity contribution in [3.05, 3.63) is 53.6 Å². The normalized spacial score (nSPS) is 11.2. The Morgan fingerprint density at radius 3 is 2.79 bits per heavy atom. The number of fused-ring (bicyclic) bond motifs is 1. The van der Waals surface area contributed by atoms with E-state index in [4.69, 9.17) is 0 Å². The van der Waals surface area contributed by atoms with Crippen LogP contribution in [-0.2, 0) is 6.54 Å². The Kier molecular flexibility index (Phi) is 4.57. The predicted molar refractivity (Wildman–Crippen MR) is 95.2 cm³/mol. The molecule has 24 heavy (non-hydrogen) atoms. The van der Waals surface area contributed by atoms with E-state index in [0.29, 0.717) is 5.56 Å². The van der Waals surface area contributed by atoms with Gasteiger partial charge in [-0.25, -0.2) is 4.68 Å². The zero-order valence-corrected chi connectivity index (χ0v) is 14.2. The first-order valence-electron chi connectivity index (χ1n) is 7.89. The molecule has 0 saturated carbocycles. The van der Waals surface area contributed by atoms with E-state index in [2.05, 4.69) is 20.5 Å². The SMILES string of the molecule is Cc1cccc(NC(=O)c2ccc3c(c2)nnn3CCN(C)C)c1. The molecule has 2 aromatic carbocycles. The number of nitrogens with zero attached hydrogens (tertiary/aromatic N) is 4. The summed E-state index contributed by atoms with van der Waals surface area (Å²) in [6.07, 6.45) is 0. The molecule has 0 fully saturated rings. The van der Waals surface area contributed by atoms with Crippen LogP contribution in [0.1, 0.15) is 15.9 Å². The topological polar surface area (TPSA) is 63.1 Å². The molecule has 3 rings (SSSR count). The third-order valence-electron chi connectivity index (χ3n) is 3.81. The van der Waals surface area contributed by atoms with Gasteiger partial charge in [-0.3, -0.25) is 4.79 Å². The van der Waals surface area contributed by atoms with E-state index in [9.17, 15) is 4.79 Å². The maximum atomic E-state index is 12.4. The molecule has 1 heterocycles. The van der Waals surface area contributed by atoms with Gasteiger partial charge in [0.05, 0.1) is 12.1 Å². The first-order valence-corrected chi connectivity index (χ1v) is 7.89. The zero-order valence-electron chi connectivity index (χ0n) is 14.2. The average molecular weight is 323 g/mol. The summed E-state index contributed by atoms with van der Waals surface area (Å²) in [6.45, 7) is 3.64. The standard InChI is InChI=1S/C18H21N5O/c1-13-5-4-6-15(11-13)19-18(24)14-7-8-17-16(12-14)20-21-23(17)10-9-22(2)3/h4-8,11-12H,9-10H2,1-3H3,(H,19,24). The lowest BCUT2D eigenvalue weighted by atomic mass is 10.1. The highest BCUT2D eigenvalue weighted by Crippen LogP contribution is 2.16. The van der Waals surface area contributed by atoms with Crippen molar-refractivity contribution in [3.8, 4) is 0 Å². The van der Waals surface area contributed by atoms with Gasteiger partial charge in [-0.2, -0.15) is 0 Å². The number of carbonyl (C=O) groups is 1. The van der Waals surface area contributed by atoms with Gasteiger partial charge < -0.3 is 10.2 Å². The Balaban J connectivity index is 1.79. The monoisotopic (exact) mass is 323 g/mol. The molecule has 3 aromatic rings. The number of nitrogens with one attached hydrogen (secondary N) is 1. The van der Waals surface area contributed by atoms with E-state index in [1.165, 1.54) is 0 Å². The predicted octanol–water partition coefficient (Wildman–Crippen LogP) is 2.55. The molecule has 124 valence electrons. The molecule has 0 aliphatic rings. The van der Waals surface area contributed by atoms with Crippen LogP contribution >= 0.6 is 0 Å². The molecule has 0 radical (unpaired) electrons. The fraction of sp³-hybridized carbons (Fsp3) is 0.278. The van der Waals surface area contributed by atoms with Crippen LogP contribution in [0.3, 0.4) is 0 Å². The third kappa shape index (κ3) is 3.60. The largest absolute Gasteiger partial charge is 0.322 e. The van der Waals surface area contributed by atoms with Crippen LogP contribution in [0.25, 0.3) is 11.0 Å². The number of aryl methyl sites for hydroxylation is 1. The molecule has 1 N–H and O–H groups in total. The lowest BCUT2D eigenvalue weighted by Gasteiger charge is -2.09. The second-order valence-corrected chi connectivity index (χ2v) is 6.14. The summed E-state index contributed by atoms with van der Waals surface area (Å²) in [6, 6.07) is 13.2. The highest BCUT2D eigenvalue weighted by Gasteiger charge is 2.11. The van der Waals surface area contributed by atoms with Crippen molar-refractivity contribution in [1.82, 2.24) is 19.9 Å². The Morgan fingerprint density at radius 1 is 1.21 bits per heavy atom. The van der Waals surface area contributed by atoms with E-state index in [1.54, 1.807) is 6.07 Å². The average Bonchev–Trinajstić information content (AvgIpc) is 2.95. The van der Waals surface area contributed by atoms with Crippen molar-refractivity contribution < 1.29 is 4.79 Å². The van der Waals surface area contributed by atoms with Gasteiger partial charge >= 0.3 is 0 Å². The molecule has 1 aromatic heterocycles. The Bertz CT molecular complexity index is 869. The van der Waals surface area contributed by atoms with E-state index in [1.807, 2.05) is 62.1 Å². The van der Waals surface area contributed by atoms with Crippen LogP contribution in [0, 0.1) is 6.92 Å². The number of carbonyl (C=O) groups excluding carboxylic acids is 1. The first kappa shape index (κ1) is 16.1. The summed E-state index contributed by atoms with van der Waals surface area (Å²) in [5.41, 5.74) is 4.13. The van der Waals surface area contributed by atoms with Gasteiger partial charge in [0.1, 0.15) is 5.52 Å². The van der Waals surface area contributed by atoms with Gasteiger partial charge in [0, 0.05) is 17.8 Å². The van der Waals surface area contributed by atoms with Crippen LogP contribution in [0.15, 0.2) is 42.5 Å². The number of anilines is 1. The first-order chi connectivity index (χ1) is 11.5. The smallest absolute Gasteiger partial charge is 0.255 e. The van der Waals surface area contributed by atoms with Gasteiger partial charge in [0.25, 0.3) is 5.91 Å². The fourth-order valence-electron chi connectivity index (χ4n) is 2.50.